The number of nitrogens with zero attached hydrogens (tertiary/aromatic N) is 3. The van der Waals surface area contributed by atoms with Crippen LogP contribution < -0.4 is 5.32 Å². The second-order valence-electron chi connectivity index (χ2n) is 5.61. The van der Waals surface area contributed by atoms with Gasteiger partial charge >= 0.3 is 0 Å². The molecule has 2 aromatic rings. The van der Waals surface area contributed by atoms with Crippen LogP contribution in [-0.2, 0) is 19.5 Å². The first-order chi connectivity index (χ1) is 9.65. The fourth-order valence-corrected chi connectivity index (χ4v) is 2.93. The summed E-state index contributed by atoms with van der Waals surface area (Å²) in [5.74, 6) is 4.14. The van der Waals surface area contributed by atoms with Crippen molar-refractivity contribution >= 4 is 0 Å². The minimum atomic E-state index is 0.254. The van der Waals surface area contributed by atoms with Gasteiger partial charge in [-0.3, -0.25) is 0 Å². The first-order valence-corrected chi connectivity index (χ1v) is 7.36. The predicted molar refractivity (Wildman–Crippen MR) is 76.4 cm³/mol. The van der Waals surface area contributed by atoms with Crippen molar-refractivity contribution in [3.05, 3.63) is 34.8 Å². The van der Waals surface area contributed by atoms with E-state index in [4.69, 9.17) is 4.42 Å². The average molecular weight is 274 g/mol. The standard InChI is InChI=1S/C15H22N4O/c1-10-8-13(12(3)20-10)11(2)16-9-15-18-17-14-6-4-5-7-19(14)15/h8,11,16H,4-7,9H2,1-3H3. The van der Waals surface area contributed by atoms with Crippen LogP contribution in [-0.4, -0.2) is 14.8 Å². The Morgan fingerprint density at radius 3 is 2.95 bits per heavy atom. The van der Waals surface area contributed by atoms with Crippen molar-refractivity contribution in [3.63, 3.8) is 0 Å². The van der Waals surface area contributed by atoms with Gasteiger partial charge in [0, 0.05) is 24.6 Å². The maximum absolute atomic E-state index is 5.59. The van der Waals surface area contributed by atoms with Crippen LogP contribution in [0.2, 0.25) is 0 Å². The Morgan fingerprint density at radius 2 is 2.20 bits per heavy atom. The lowest BCUT2D eigenvalue weighted by Gasteiger charge is -2.16. The van der Waals surface area contributed by atoms with Gasteiger partial charge in [0.25, 0.3) is 0 Å². The molecule has 0 amide bonds. The Hall–Kier alpha value is -1.62. The summed E-state index contributed by atoms with van der Waals surface area (Å²) in [6.07, 6.45) is 3.52. The minimum absolute atomic E-state index is 0.254. The topological polar surface area (TPSA) is 55.9 Å². The summed E-state index contributed by atoms with van der Waals surface area (Å²) in [6.45, 7) is 7.96. The molecule has 0 saturated heterocycles. The number of aromatic nitrogens is 3. The van der Waals surface area contributed by atoms with Gasteiger partial charge in [0.15, 0.2) is 0 Å². The summed E-state index contributed by atoms with van der Waals surface area (Å²) in [7, 11) is 0. The molecule has 20 heavy (non-hydrogen) atoms. The van der Waals surface area contributed by atoms with Crippen molar-refractivity contribution in [2.24, 2.45) is 0 Å². The van der Waals surface area contributed by atoms with Crippen LogP contribution in [0, 0.1) is 13.8 Å². The van der Waals surface area contributed by atoms with Crippen molar-refractivity contribution in [1.82, 2.24) is 20.1 Å². The first-order valence-electron chi connectivity index (χ1n) is 7.36. The lowest BCUT2D eigenvalue weighted by atomic mass is 10.1. The van der Waals surface area contributed by atoms with E-state index in [1.807, 2.05) is 13.8 Å². The molecule has 0 aliphatic carbocycles. The SMILES string of the molecule is Cc1cc(C(C)NCc2nnc3n2CCCC3)c(C)o1. The monoisotopic (exact) mass is 274 g/mol. The number of nitrogens with one attached hydrogen (secondary N) is 1. The molecule has 0 aromatic carbocycles. The Bertz CT molecular complexity index is 599. The van der Waals surface area contributed by atoms with Gasteiger partial charge in [0.2, 0.25) is 0 Å². The van der Waals surface area contributed by atoms with Gasteiger partial charge in [-0.2, -0.15) is 0 Å². The fourth-order valence-electron chi connectivity index (χ4n) is 2.93. The Balaban J connectivity index is 1.67. The zero-order chi connectivity index (χ0) is 14.1. The van der Waals surface area contributed by atoms with E-state index >= 15 is 0 Å². The van der Waals surface area contributed by atoms with Crippen LogP contribution in [0.15, 0.2) is 10.5 Å². The molecule has 0 radical (unpaired) electrons. The van der Waals surface area contributed by atoms with E-state index in [1.165, 1.54) is 18.4 Å². The molecule has 0 bridgehead atoms. The van der Waals surface area contributed by atoms with Crippen molar-refractivity contribution in [2.45, 2.75) is 59.2 Å². The summed E-state index contributed by atoms with van der Waals surface area (Å²) in [6, 6.07) is 2.36. The summed E-state index contributed by atoms with van der Waals surface area (Å²) in [5.41, 5.74) is 1.22. The zero-order valence-electron chi connectivity index (χ0n) is 12.4. The van der Waals surface area contributed by atoms with Crippen LogP contribution in [0.4, 0.5) is 0 Å². The number of hydrogen-bond donors (Lipinski definition) is 1. The molecule has 2 aromatic heterocycles. The van der Waals surface area contributed by atoms with Gasteiger partial charge in [-0.1, -0.05) is 0 Å². The molecule has 1 N–H and O–H groups in total. The number of rotatable bonds is 4. The first kappa shape index (κ1) is 13.4. The van der Waals surface area contributed by atoms with Gasteiger partial charge in [-0.15, -0.1) is 10.2 Å². The Kier molecular flexibility index (Phi) is 3.61. The van der Waals surface area contributed by atoms with Crippen molar-refractivity contribution in [1.29, 1.82) is 0 Å². The second kappa shape index (κ2) is 5.40. The third-order valence-electron chi connectivity index (χ3n) is 4.05. The summed E-state index contributed by atoms with van der Waals surface area (Å²) >= 11 is 0. The molecule has 3 rings (SSSR count). The highest BCUT2D eigenvalue weighted by atomic mass is 16.3. The van der Waals surface area contributed by atoms with E-state index in [0.29, 0.717) is 0 Å². The minimum Gasteiger partial charge on any atom is -0.466 e. The molecule has 0 saturated carbocycles. The number of fused-ring (bicyclic) bond motifs is 1. The smallest absolute Gasteiger partial charge is 0.147 e. The van der Waals surface area contributed by atoms with Crippen LogP contribution in [0.3, 0.4) is 0 Å². The molecule has 0 fully saturated rings. The highest BCUT2D eigenvalue weighted by Gasteiger charge is 2.17. The van der Waals surface area contributed by atoms with Crippen LogP contribution in [0.25, 0.3) is 0 Å². The van der Waals surface area contributed by atoms with Crippen LogP contribution in [0.1, 0.15) is 54.5 Å². The van der Waals surface area contributed by atoms with Gasteiger partial charge in [0.1, 0.15) is 23.2 Å². The summed E-state index contributed by atoms with van der Waals surface area (Å²) in [4.78, 5) is 0. The van der Waals surface area contributed by atoms with Crippen molar-refractivity contribution in [2.75, 3.05) is 0 Å². The Labute approximate surface area is 119 Å². The van der Waals surface area contributed by atoms with E-state index in [0.717, 1.165) is 42.7 Å². The third kappa shape index (κ3) is 2.50. The molecule has 1 atom stereocenters. The van der Waals surface area contributed by atoms with Gasteiger partial charge in [0.05, 0.1) is 6.54 Å². The lowest BCUT2D eigenvalue weighted by Crippen LogP contribution is -2.22. The Morgan fingerprint density at radius 1 is 1.35 bits per heavy atom. The molecule has 5 nitrogen and oxygen atoms in total. The molecule has 108 valence electrons. The van der Waals surface area contributed by atoms with Crippen LogP contribution >= 0.6 is 0 Å². The molecular formula is C15H22N4O. The van der Waals surface area contributed by atoms with E-state index < -0.39 is 0 Å². The van der Waals surface area contributed by atoms with Gasteiger partial charge in [-0.25, -0.2) is 0 Å². The second-order valence-corrected chi connectivity index (χ2v) is 5.61. The predicted octanol–water partition coefficient (Wildman–Crippen LogP) is 2.68. The third-order valence-corrected chi connectivity index (χ3v) is 4.05. The largest absolute Gasteiger partial charge is 0.466 e. The summed E-state index contributed by atoms with van der Waals surface area (Å²) < 4.78 is 7.85. The maximum Gasteiger partial charge on any atom is 0.147 e. The lowest BCUT2D eigenvalue weighted by molar-refractivity contribution is 0.473. The maximum atomic E-state index is 5.59. The molecule has 1 aliphatic rings. The number of furan rings is 1. The van der Waals surface area contributed by atoms with Crippen LogP contribution in [0.5, 0.6) is 0 Å². The van der Waals surface area contributed by atoms with E-state index in [-0.39, 0.29) is 6.04 Å². The average Bonchev–Trinajstić information content (AvgIpc) is 2.99. The highest BCUT2D eigenvalue weighted by Crippen LogP contribution is 2.21. The number of hydrogen-bond acceptors (Lipinski definition) is 4. The van der Waals surface area contributed by atoms with Gasteiger partial charge < -0.3 is 14.3 Å². The molecule has 5 heteroatoms. The van der Waals surface area contributed by atoms with E-state index in [2.05, 4.69) is 33.1 Å². The molecule has 0 spiro atoms. The zero-order valence-corrected chi connectivity index (χ0v) is 12.4. The normalized spacial score (nSPS) is 16.1. The molecule has 3 heterocycles. The molecule has 1 aliphatic heterocycles. The highest BCUT2D eigenvalue weighted by molar-refractivity contribution is 5.23. The fraction of sp³-hybridized carbons (Fsp3) is 0.600. The van der Waals surface area contributed by atoms with E-state index in [9.17, 15) is 0 Å². The summed E-state index contributed by atoms with van der Waals surface area (Å²) in [5, 5.41) is 12.1. The van der Waals surface area contributed by atoms with Gasteiger partial charge in [-0.05, 0) is 39.7 Å². The van der Waals surface area contributed by atoms with Crippen molar-refractivity contribution in [3.8, 4) is 0 Å². The van der Waals surface area contributed by atoms with E-state index in [1.54, 1.807) is 0 Å². The number of aryl methyl sites for hydroxylation is 3. The quantitative estimate of drug-likeness (QED) is 0.931. The molecule has 1 unspecified atom stereocenters. The molecular weight excluding hydrogens is 252 g/mol. The van der Waals surface area contributed by atoms with Crippen molar-refractivity contribution < 1.29 is 4.42 Å².